The van der Waals surface area contributed by atoms with Crippen LogP contribution < -0.4 is 14.8 Å². The fourth-order valence-electron chi connectivity index (χ4n) is 3.03. The summed E-state index contributed by atoms with van der Waals surface area (Å²) in [5, 5.41) is 13.2. The number of hydrogen-bond acceptors (Lipinski definition) is 10. The Hall–Kier alpha value is -3.34. The number of carboxylic acid groups (broad SMARTS) is 1. The number of carboxylic acids is 1. The molecule has 4 atom stereocenters. The van der Waals surface area contributed by atoms with Crippen molar-refractivity contribution in [3.63, 3.8) is 0 Å². The lowest BCUT2D eigenvalue weighted by Crippen LogP contribution is -2.60. The highest BCUT2D eigenvalue weighted by molar-refractivity contribution is 5.84. The molecule has 0 saturated carbocycles. The van der Waals surface area contributed by atoms with Crippen molar-refractivity contribution < 1.29 is 48.0 Å². The van der Waals surface area contributed by atoms with Gasteiger partial charge in [-0.25, -0.2) is 14.4 Å². The van der Waals surface area contributed by atoms with E-state index in [2.05, 4.69) is 5.32 Å². The molecule has 1 aromatic rings. The first-order chi connectivity index (χ1) is 18.8. The van der Waals surface area contributed by atoms with E-state index in [1.54, 1.807) is 41.5 Å². The van der Waals surface area contributed by atoms with E-state index in [0.29, 0.717) is 12.0 Å². The fraction of sp³-hybridized carbons (Fsp3) is 0.667. The van der Waals surface area contributed by atoms with Gasteiger partial charge in [0.2, 0.25) is 0 Å². The van der Waals surface area contributed by atoms with Crippen LogP contribution in [-0.4, -0.2) is 53.3 Å². The molecule has 0 aliphatic carbocycles. The van der Waals surface area contributed by atoms with E-state index in [9.17, 15) is 24.3 Å². The van der Waals surface area contributed by atoms with Gasteiger partial charge < -0.3 is 28.8 Å². The minimum Gasteiger partial charge on any atom is -0.477 e. The van der Waals surface area contributed by atoms with Gasteiger partial charge in [0, 0.05) is 12.5 Å². The Morgan fingerprint density at radius 1 is 0.829 bits per heavy atom. The Balaban J connectivity index is 3.53. The van der Waals surface area contributed by atoms with Gasteiger partial charge in [-0.1, -0.05) is 40.7 Å². The van der Waals surface area contributed by atoms with Gasteiger partial charge in [0.05, 0.1) is 5.41 Å². The Morgan fingerprint density at radius 3 is 1.73 bits per heavy atom. The molecule has 2 N–H and O–H groups in total. The molecule has 0 aromatic heterocycles. The molecule has 0 radical (unpaired) electrons. The average Bonchev–Trinajstić information content (AvgIpc) is 2.84. The summed E-state index contributed by atoms with van der Waals surface area (Å²) >= 11 is 0. The van der Waals surface area contributed by atoms with Crippen LogP contribution in [-0.2, 0) is 30.2 Å². The molecule has 3 unspecified atom stereocenters. The molecule has 1 rings (SSSR count). The standard InChI is InChI=1S/C30H47NO10/c1-12-19(6)31-30(25(32)33,41-26(34)29(9,10)11)16-22-13-14-23(39-27(35)37-20(7)17(2)3)24(15-22)40-28(36)38-21(8)18(4)5/h13-15,17-21,31H,12,16H2,1-11H3,(H,32,33)/t19?,20?,21?,30-/m0/s1. The number of hydrogen-bond donors (Lipinski definition) is 2. The van der Waals surface area contributed by atoms with Crippen LogP contribution >= 0.6 is 0 Å². The quantitative estimate of drug-likeness (QED) is 0.120. The predicted molar refractivity (Wildman–Crippen MR) is 152 cm³/mol. The molecular weight excluding hydrogens is 534 g/mol. The highest BCUT2D eigenvalue weighted by atomic mass is 16.8. The van der Waals surface area contributed by atoms with Gasteiger partial charge in [-0.05, 0) is 77.5 Å². The molecule has 0 aliphatic rings. The summed E-state index contributed by atoms with van der Waals surface area (Å²) in [6, 6.07) is 3.82. The van der Waals surface area contributed by atoms with Crippen LogP contribution in [0.3, 0.4) is 0 Å². The van der Waals surface area contributed by atoms with Gasteiger partial charge in [0.15, 0.2) is 11.5 Å². The molecule has 0 bridgehead atoms. The maximum Gasteiger partial charge on any atom is 0.514 e. The summed E-state index contributed by atoms with van der Waals surface area (Å²) in [4.78, 5) is 50.5. The number of nitrogens with one attached hydrogen (secondary N) is 1. The molecule has 1 aromatic carbocycles. The Labute approximate surface area is 243 Å². The average molecular weight is 582 g/mol. The van der Waals surface area contributed by atoms with Crippen LogP contribution in [0.1, 0.15) is 88.1 Å². The molecule has 0 fully saturated rings. The van der Waals surface area contributed by atoms with Crippen LogP contribution in [0.15, 0.2) is 18.2 Å². The summed E-state index contributed by atoms with van der Waals surface area (Å²) in [6.07, 6.45) is -2.74. The molecule has 11 heteroatoms. The van der Waals surface area contributed by atoms with Gasteiger partial charge in [-0.2, -0.15) is 0 Å². The molecular formula is C30H47NO10. The van der Waals surface area contributed by atoms with Gasteiger partial charge in [-0.15, -0.1) is 0 Å². The van der Waals surface area contributed by atoms with Crippen molar-refractivity contribution in [2.24, 2.45) is 17.3 Å². The lowest BCUT2D eigenvalue weighted by Gasteiger charge is -2.35. The van der Waals surface area contributed by atoms with Crippen molar-refractivity contribution >= 4 is 24.2 Å². The Kier molecular flexibility index (Phi) is 13.1. The van der Waals surface area contributed by atoms with Crippen molar-refractivity contribution in [1.29, 1.82) is 0 Å². The second-order valence-corrected chi connectivity index (χ2v) is 12.0. The van der Waals surface area contributed by atoms with Crippen LogP contribution in [0, 0.1) is 17.3 Å². The third kappa shape index (κ3) is 11.2. The number of esters is 1. The molecule has 0 amide bonds. The molecule has 232 valence electrons. The van der Waals surface area contributed by atoms with Crippen molar-refractivity contribution in [2.45, 2.75) is 113 Å². The Morgan fingerprint density at radius 2 is 1.32 bits per heavy atom. The minimum atomic E-state index is -2.14. The minimum absolute atomic E-state index is 0.0115. The zero-order chi connectivity index (χ0) is 31.7. The molecule has 0 heterocycles. The highest BCUT2D eigenvalue weighted by Gasteiger charge is 2.46. The third-order valence-corrected chi connectivity index (χ3v) is 6.61. The topological polar surface area (TPSA) is 147 Å². The van der Waals surface area contributed by atoms with Crippen molar-refractivity contribution in [1.82, 2.24) is 5.32 Å². The van der Waals surface area contributed by atoms with Crippen molar-refractivity contribution in [2.75, 3.05) is 0 Å². The van der Waals surface area contributed by atoms with E-state index < -0.39 is 47.6 Å². The first-order valence-electron chi connectivity index (χ1n) is 14.0. The van der Waals surface area contributed by atoms with E-state index >= 15 is 0 Å². The third-order valence-electron chi connectivity index (χ3n) is 6.61. The van der Waals surface area contributed by atoms with E-state index in [1.165, 1.54) is 18.2 Å². The van der Waals surface area contributed by atoms with E-state index in [4.69, 9.17) is 23.7 Å². The second kappa shape index (κ2) is 15.0. The number of ether oxygens (including phenoxy) is 5. The monoisotopic (exact) mass is 581 g/mol. The number of carbonyl (C=O) groups is 4. The number of carbonyl (C=O) groups excluding carboxylic acids is 3. The van der Waals surface area contributed by atoms with E-state index in [0.717, 1.165) is 0 Å². The first kappa shape index (κ1) is 35.7. The molecule has 41 heavy (non-hydrogen) atoms. The number of benzene rings is 1. The summed E-state index contributed by atoms with van der Waals surface area (Å²) < 4.78 is 26.9. The smallest absolute Gasteiger partial charge is 0.477 e. The summed E-state index contributed by atoms with van der Waals surface area (Å²) in [5.74, 6) is -2.44. The van der Waals surface area contributed by atoms with Crippen molar-refractivity contribution in [3.8, 4) is 11.5 Å². The van der Waals surface area contributed by atoms with E-state index in [-0.39, 0.29) is 35.8 Å². The molecule has 11 nitrogen and oxygen atoms in total. The van der Waals surface area contributed by atoms with Crippen LogP contribution in [0.25, 0.3) is 0 Å². The van der Waals surface area contributed by atoms with Gasteiger partial charge >= 0.3 is 24.2 Å². The second-order valence-electron chi connectivity index (χ2n) is 12.0. The van der Waals surface area contributed by atoms with Crippen LogP contribution in [0.2, 0.25) is 0 Å². The zero-order valence-corrected chi connectivity index (χ0v) is 26.2. The Bertz CT molecular complexity index is 1060. The van der Waals surface area contributed by atoms with E-state index in [1.807, 2.05) is 34.6 Å². The summed E-state index contributed by atoms with van der Waals surface area (Å²) in [7, 11) is 0. The van der Waals surface area contributed by atoms with Gasteiger partial charge in [0.1, 0.15) is 12.2 Å². The number of rotatable bonds is 13. The zero-order valence-electron chi connectivity index (χ0n) is 26.2. The normalized spacial score (nSPS) is 15.3. The summed E-state index contributed by atoms with van der Waals surface area (Å²) in [6.45, 7) is 19.4. The first-order valence-corrected chi connectivity index (χ1v) is 14.0. The molecule has 0 aliphatic heterocycles. The molecule has 0 saturated heterocycles. The maximum atomic E-state index is 12.8. The van der Waals surface area contributed by atoms with Crippen LogP contribution in [0.4, 0.5) is 9.59 Å². The lowest BCUT2D eigenvalue weighted by molar-refractivity contribution is -0.190. The van der Waals surface area contributed by atoms with Crippen LogP contribution in [0.5, 0.6) is 11.5 Å². The van der Waals surface area contributed by atoms with Gasteiger partial charge in [0.25, 0.3) is 5.72 Å². The number of aliphatic carboxylic acids is 1. The summed E-state index contributed by atoms with van der Waals surface area (Å²) in [5.41, 5.74) is -2.81. The van der Waals surface area contributed by atoms with Crippen molar-refractivity contribution in [3.05, 3.63) is 23.8 Å². The lowest BCUT2D eigenvalue weighted by atomic mass is 9.95. The predicted octanol–water partition coefficient (Wildman–Crippen LogP) is 6.11. The SMILES string of the molecule is CCC(C)N[C@@](Cc1ccc(OC(=O)OC(C)C(C)C)c(OC(=O)OC(C)C(C)C)c1)(OC(=O)C(C)(C)C)C(=O)O. The van der Waals surface area contributed by atoms with Gasteiger partial charge in [-0.3, -0.25) is 10.1 Å². The maximum absolute atomic E-state index is 12.8. The largest absolute Gasteiger partial charge is 0.514 e. The fourth-order valence-corrected chi connectivity index (χ4v) is 3.03. The molecule has 0 spiro atoms. The highest BCUT2D eigenvalue weighted by Crippen LogP contribution is 2.32.